The van der Waals surface area contributed by atoms with Gasteiger partial charge in [0.25, 0.3) is 0 Å². The summed E-state index contributed by atoms with van der Waals surface area (Å²) in [6.45, 7) is 5.02. The second-order valence-corrected chi connectivity index (χ2v) is 13.8. The fourth-order valence-corrected chi connectivity index (χ4v) is 8.77. The molecule has 0 aliphatic heterocycles. The molecule has 3 nitrogen and oxygen atoms in total. The van der Waals surface area contributed by atoms with Crippen molar-refractivity contribution in [3.63, 3.8) is 0 Å². The molecule has 240 valence electrons. The van der Waals surface area contributed by atoms with E-state index in [9.17, 15) is 0 Å². The summed E-state index contributed by atoms with van der Waals surface area (Å²) in [6.07, 6.45) is 8.97. The minimum Gasteiger partial charge on any atom is -0.316 e. The third-order valence-corrected chi connectivity index (χ3v) is 11.0. The molecule has 10 aromatic rings. The first-order valence-corrected chi connectivity index (χ1v) is 17.8. The normalized spacial score (nSPS) is 12.9. The zero-order chi connectivity index (χ0) is 33.6. The molecule has 4 bridgehead atoms. The molecule has 0 atom stereocenters. The molecule has 0 saturated heterocycles. The van der Waals surface area contributed by atoms with E-state index in [0.717, 1.165) is 40.3 Å². The maximum Gasteiger partial charge on any atom is 0.0637 e. The van der Waals surface area contributed by atoms with Crippen LogP contribution in [0.25, 0.3) is 95.2 Å². The largest absolute Gasteiger partial charge is 0.316 e. The molecule has 0 amide bonds. The van der Waals surface area contributed by atoms with Crippen LogP contribution in [0.5, 0.6) is 0 Å². The van der Waals surface area contributed by atoms with Crippen molar-refractivity contribution in [3.05, 3.63) is 174 Å². The van der Waals surface area contributed by atoms with Crippen molar-refractivity contribution >= 4 is 67.3 Å². The van der Waals surface area contributed by atoms with Crippen molar-refractivity contribution in [1.82, 2.24) is 13.4 Å². The summed E-state index contributed by atoms with van der Waals surface area (Å²) in [4.78, 5) is 0. The van der Waals surface area contributed by atoms with Gasteiger partial charge in [0.1, 0.15) is 0 Å². The summed E-state index contributed by atoms with van der Waals surface area (Å²) < 4.78 is 7.37. The lowest BCUT2D eigenvalue weighted by molar-refractivity contribution is 0.923. The number of hydrogen-bond donors (Lipinski definition) is 0. The van der Waals surface area contributed by atoms with E-state index in [-0.39, 0.29) is 0 Å². The number of benzene rings is 6. The van der Waals surface area contributed by atoms with E-state index in [1.165, 1.54) is 71.6 Å². The highest BCUT2D eigenvalue weighted by atomic mass is 15.0. The Bertz CT molecular complexity index is 3080. The quantitative estimate of drug-likeness (QED) is 0.180. The molecule has 0 N–H and O–H groups in total. The predicted octanol–water partition coefficient (Wildman–Crippen LogP) is 11.6. The Morgan fingerprint density at radius 2 is 1.22 bits per heavy atom. The van der Waals surface area contributed by atoms with Gasteiger partial charge in [-0.2, -0.15) is 0 Å². The van der Waals surface area contributed by atoms with E-state index in [4.69, 9.17) is 6.58 Å². The molecular formula is C48H33N3. The molecule has 6 aromatic carbocycles. The van der Waals surface area contributed by atoms with E-state index in [2.05, 4.69) is 177 Å². The van der Waals surface area contributed by atoms with Gasteiger partial charge in [-0.25, -0.2) is 0 Å². The highest BCUT2D eigenvalue weighted by Gasteiger charge is 2.22. The summed E-state index contributed by atoms with van der Waals surface area (Å²) in [5.41, 5.74) is 15.5. The summed E-state index contributed by atoms with van der Waals surface area (Å²) in [7, 11) is 0. The minimum atomic E-state index is 0.996. The Hall–Kier alpha value is -6.58. The van der Waals surface area contributed by atoms with Crippen LogP contribution in [-0.4, -0.2) is 13.4 Å². The van der Waals surface area contributed by atoms with E-state index < -0.39 is 0 Å². The standard InChI is InChI=1S/C48H33N3/c1-31-46-45-24-23-41-39-19-8-11-22-44(39)51(48(41)46)37-18-12-17-36(30-37)50-43-21-10-9-20-40(43)42(47(31)50)25-26-49(45)38-28-34(32-13-4-2-5-14-32)27-35(29-38)33-15-6-3-7-16-33/h2-10,12-21,23-30H,1,11,22H2. The van der Waals surface area contributed by atoms with Crippen LogP contribution in [0.1, 0.15) is 17.7 Å². The zero-order valence-electron chi connectivity index (χ0n) is 28.1. The summed E-state index contributed by atoms with van der Waals surface area (Å²) in [5, 5.41) is 5.86. The van der Waals surface area contributed by atoms with Crippen LogP contribution in [0.3, 0.4) is 0 Å². The number of para-hydroxylation sites is 1. The van der Waals surface area contributed by atoms with Gasteiger partial charge in [-0.1, -0.05) is 110 Å². The van der Waals surface area contributed by atoms with Crippen LogP contribution in [0.15, 0.2) is 158 Å². The lowest BCUT2D eigenvalue weighted by atomic mass is 9.97. The van der Waals surface area contributed by atoms with Gasteiger partial charge in [0.05, 0.1) is 22.1 Å². The molecule has 4 aromatic heterocycles. The number of aromatic nitrogens is 3. The summed E-state index contributed by atoms with van der Waals surface area (Å²) in [6, 6.07) is 53.3. The number of nitrogens with zero attached hydrogens (tertiary/aromatic N) is 3. The molecule has 11 rings (SSSR count). The fraction of sp³-hybridized carbons (Fsp3) is 0.0417. The topological polar surface area (TPSA) is 13.8 Å². The monoisotopic (exact) mass is 651 g/mol. The lowest BCUT2D eigenvalue weighted by Crippen LogP contribution is -2.07. The van der Waals surface area contributed by atoms with Crippen LogP contribution in [0.2, 0.25) is 0 Å². The third kappa shape index (κ3) is 4.06. The third-order valence-electron chi connectivity index (χ3n) is 11.0. The molecule has 0 radical (unpaired) electrons. The van der Waals surface area contributed by atoms with Gasteiger partial charge in [0.2, 0.25) is 0 Å². The molecule has 1 aliphatic rings. The van der Waals surface area contributed by atoms with E-state index in [0.29, 0.717) is 0 Å². The maximum absolute atomic E-state index is 5.02. The Kier molecular flexibility index (Phi) is 5.94. The Morgan fingerprint density at radius 1 is 0.510 bits per heavy atom. The first-order chi connectivity index (χ1) is 25.2. The van der Waals surface area contributed by atoms with Gasteiger partial charge in [0.15, 0.2) is 0 Å². The van der Waals surface area contributed by atoms with E-state index >= 15 is 0 Å². The smallest absolute Gasteiger partial charge is 0.0637 e. The average Bonchev–Trinajstić information content (AvgIpc) is 3.71. The van der Waals surface area contributed by atoms with Gasteiger partial charge < -0.3 is 13.4 Å². The first kappa shape index (κ1) is 28.3. The molecular weight excluding hydrogens is 619 g/mol. The molecule has 0 unspecified atom stereocenters. The number of allylic oxidation sites excluding steroid dienone is 1. The van der Waals surface area contributed by atoms with Crippen molar-refractivity contribution in [2.75, 3.05) is 0 Å². The number of rotatable bonds is 3. The van der Waals surface area contributed by atoms with Gasteiger partial charge >= 0.3 is 0 Å². The van der Waals surface area contributed by atoms with Crippen molar-refractivity contribution in [1.29, 1.82) is 0 Å². The highest BCUT2D eigenvalue weighted by molar-refractivity contribution is 6.15. The van der Waals surface area contributed by atoms with E-state index in [1.807, 2.05) is 0 Å². The van der Waals surface area contributed by atoms with Crippen molar-refractivity contribution in [2.24, 2.45) is 0 Å². The Morgan fingerprint density at radius 3 is 1.98 bits per heavy atom. The average molecular weight is 652 g/mol. The van der Waals surface area contributed by atoms with Crippen LogP contribution in [0, 0.1) is 0 Å². The molecule has 51 heavy (non-hydrogen) atoms. The number of hydrogen-bond acceptors (Lipinski definition) is 0. The zero-order valence-corrected chi connectivity index (χ0v) is 28.1. The summed E-state index contributed by atoms with van der Waals surface area (Å²) in [5.74, 6) is 0. The van der Waals surface area contributed by atoms with Crippen molar-refractivity contribution in [2.45, 2.75) is 12.8 Å². The molecule has 1 aliphatic carbocycles. The van der Waals surface area contributed by atoms with Crippen molar-refractivity contribution < 1.29 is 0 Å². The number of fused-ring (bicyclic) bond motifs is 10. The minimum absolute atomic E-state index is 0.996. The molecule has 0 saturated carbocycles. The van der Waals surface area contributed by atoms with Crippen LogP contribution < -0.4 is 5.22 Å². The highest BCUT2D eigenvalue weighted by Crippen LogP contribution is 2.38. The number of aryl methyl sites for hydroxylation is 1. The van der Waals surface area contributed by atoms with Gasteiger partial charge in [0, 0.05) is 60.9 Å². The Labute approximate surface area is 294 Å². The SMILES string of the molecule is C=c1c2c3ccc4c5c(n(c6cccc(c6)n6c7ccccc7c(ccn3-c3cc(-c7ccccc7)cc(-c7ccccc7)c3)c16)c42)CCC=C5. The Balaban J connectivity index is 1.40. The summed E-state index contributed by atoms with van der Waals surface area (Å²) >= 11 is 0. The molecule has 0 fully saturated rings. The predicted molar refractivity (Wildman–Crippen MR) is 215 cm³/mol. The molecule has 0 spiro atoms. The molecule has 3 heteroatoms. The second kappa shape index (κ2) is 10.7. The first-order valence-electron chi connectivity index (χ1n) is 17.8. The van der Waals surface area contributed by atoms with Gasteiger partial charge in [-0.15, -0.1) is 0 Å². The molecule has 4 heterocycles. The lowest BCUT2D eigenvalue weighted by Gasteiger charge is -2.16. The van der Waals surface area contributed by atoms with E-state index in [1.54, 1.807) is 0 Å². The maximum atomic E-state index is 5.02. The van der Waals surface area contributed by atoms with Crippen LogP contribution >= 0.6 is 0 Å². The second-order valence-electron chi connectivity index (χ2n) is 13.8. The fourth-order valence-electron chi connectivity index (χ4n) is 8.77. The van der Waals surface area contributed by atoms with Crippen LogP contribution in [0.4, 0.5) is 0 Å². The van der Waals surface area contributed by atoms with Gasteiger partial charge in [-0.05, 0) is 89.7 Å². The van der Waals surface area contributed by atoms with Gasteiger partial charge in [-0.3, -0.25) is 0 Å². The van der Waals surface area contributed by atoms with Crippen molar-refractivity contribution in [3.8, 4) is 27.9 Å². The van der Waals surface area contributed by atoms with Crippen LogP contribution in [-0.2, 0) is 6.42 Å².